The second kappa shape index (κ2) is 6.61. The molecule has 1 aromatic carbocycles. The van der Waals surface area contributed by atoms with Gasteiger partial charge in [0.2, 0.25) is 0 Å². The summed E-state index contributed by atoms with van der Waals surface area (Å²) in [5.74, 6) is 0. The zero-order chi connectivity index (χ0) is 13.7. The molecule has 1 atom stereocenters. The van der Waals surface area contributed by atoms with Crippen LogP contribution in [0.4, 0.5) is 0 Å². The van der Waals surface area contributed by atoms with E-state index in [-0.39, 0.29) is 6.04 Å². The zero-order valence-corrected chi connectivity index (χ0v) is 11.4. The Morgan fingerprint density at radius 1 is 1.16 bits per heavy atom. The van der Waals surface area contributed by atoms with Crippen molar-refractivity contribution in [1.29, 1.82) is 0 Å². The Hall–Kier alpha value is -1.49. The normalized spacial score (nSPS) is 13.1. The van der Waals surface area contributed by atoms with Gasteiger partial charge < -0.3 is 15.2 Å². The van der Waals surface area contributed by atoms with E-state index in [1.807, 2.05) is 44.2 Å². The lowest BCUT2D eigenvalue weighted by Crippen LogP contribution is -2.31. The van der Waals surface area contributed by atoms with Gasteiger partial charge in [0, 0.05) is 24.8 Å². The van der Waals surface area contributed by atoms with Crippen LogP contribution in [0.25, 0.3) is 10.9 Å². The lowest BCUT2D eigenvalue weighted by Gasteiger charge is -2.23. The molecule has 2 rings (SSSR count). The molecule has 0 aliphatic carbocycles. The summed E-state index contributed by atoms with van der Waals surface area (Å²) in [5.41, 5.74) is 8.13. The van der Waals surface area contributed by atoms with Crippen LogP contribution in [0.3, 0.4) is 0 Å². The van der Waals surface area contributed by atoms with E-state index in [1.54, 1.807) is 6.20 Å². The first-order valence-corrected chi connectivity index (χ1v) is 6.59. The highest BCUT2D eigenvalue weighted by Gasteiger charge is 2.20. The van der Waals surface area contributed by atoms with Gasteiger partial charge in [-0.05, 0) is 31.5 Å². The molecule has 19 heavy (non-hydrogen) atoms. The van der Waals surface area contributed by atoms with Crippen molar-refractivity contribution in [2.24, 2.45) is 5.73 Å². The summed E-state index contributed by atoms with van der Waals surface area (Å²) in [6.07, 6.45) is 1.36. The van der Waals surface area contributed by atoms with Gasteiger partial charge in [-0.25, -0.2) is 0 Å². The van der Waals surface area contributed by atoms with Crippen molar-refractivity contribution in [2.45, 2.75) is 26.2 Å². The fraction of sp³-hybridized carbons (Fsp3) is 0.400. The lowest BCUT2D eigenvalue weighted by atomic mass is 10.0. The van der Waals surface area contributed by atoms with Crippen LogP contribution in [0.1, 0.15) is 25.5 Å². The minimum Gasteiger partial charge on any atom is -0.351 e. The van der Waals surface area contributed by atoms with E-state index in [0.717, 1.165) is 16.5 Å². The van der Waals surface area contributed by atoms with E-state index >= 15 is 0 Å². The third-order valence-corrected chi connectivity index (χ3v) is 2.97. The molecule has 0 fully saturated rings. The minimum absolute atomic E-state index is 0.314. The predicted octanol–water partition coefficient (Wildman–Crippen LogP) is 2.63. The molecular weight excluding hydrogens is 240 g/mol. The van der Waals surface area contributed by atoms with E-state index in [4.69, 9.17) is 15.2 Å². The Bertz CT molecular complexity index is 524. The average molecular weight is 260 g/mol. The van der Waals surface area contributed by atoms with Crippen LogP contribution < -0.4 is 5.73 Å². The van der Waals surface area contributed by atoms with Crippen LogP contribution in [-0.2, 0) is 9.47 Å². The Labute approximate surface area is 113 Å². The molecule has 4 nitrogen and oxygen atoms in total. The smallest absolute Gasteiger partial charge is 0.176 e. The molecule has 0 aliphatic rings. The highest BCUT2D eigenvalue weighted by molar-refractivity contribution is 5.78. The second-order valence-electron chi connectivity index (χ2n) is 4.26. The van der Waals surface area contributed by atoms with Gasteiger partial charge in [-0.15, -0.1) is 0 Å². The van der Waals surface area contributed by atoms with E-state index in [2.05, 4.69) is 4.98 Å². The molecule has 0 spiro atoms. The molecule has 4 heteroatoms. The van der Waals surface area contributed by atoms with Gasteiger partial charge >= 0.3 is 0 Å². The number of ether oxygens (including phenoxy) is 2. The number of fused-ring (bicyclic) bond motifs is 1. The molecule has 0 saturated heterocycles. The monoisotopic (exact) mass is 260 g/mol. The van der Waals surface area contributed by atoms with Crippen molar-refractivity contribution < 1.29 is 9.47 Å². The van der Waals surface area contributed by atoms with Crippen molar-refractivity contribution in [3.63, 3.8) is 0 Å². The van der Waals surface area contributed by atoms with Crippen LogP contribution in [0.2, 0.25) is 0 Å². The maximum Gasteiger partial charge on any atom is 0.176 e. The fourth-order valence-corrected chi connectivity index (χ4v) is 2.03. The van der Waals surface area contributed by atoms with Gasteiger partial charge in [0.05, 0.1) is 11.6 Å². The molecular formula is C15H20N2O2. The van der Waals surface area contributed by atoms with E-state index < -0.39 is 6.29 Å². The van der Waals surface area contributed by atoms with E-state index in [1.165, 1.54) is 0 Å². The summed E-state index contributed by atoms with van der Waals surface area (Å²) in [6.45, 7) is 5.01. The molecule has 0 saturated carbocycles. The standard InChI is InChI=1S/C15H20N2O2/c1-3-18-15(19-4-2)14(16)12-8-7-11-6-5-9-17-13(11)10-12/h5-10,14-15H,3-4,16H2,1-2H3. The van der Waals surface area contributed by atoms with Crippen molar-refractivity contribution in [3.05, 3.63) is 42.1 Å². The second-order valence-corrected chi connectivity index (χ2v) is 4.26. The van der Waals surface area contributed by atoms with Gasteiger partial charge in [-0.1, -0.05) is 18.2 Å². The summed E-state index contributed by atoms with van der Waals surface area (Å²) in [5, 5.41) is 1.10. The molecule has 0 amide bonds. The van der Waals surface area contributed by atoms with E-state index in [0.29, 0.717) is 13.2 Å². The first kappa shape index (κ1) is 13.9. The number of hydrogen-bond donors (Lipinski definition) is 1. The topological polar surface area (TPSA) is 57.4 Å². The molecule has 0 radical (unpaired) electrons. The molecule has 1 heterocycles. The maximum atomic E-state index is 6.22. The minimum atomic E-state index is -0.420. The summed E-state index contributed by atoms with van der Waals surface area (Å²) in [6, 6.07) is 9.65. The third-order valence-electron chi connectivity index (χ3n) is 2.97. The predicted molar refractivity (Wildman–Crippen MR) is 75.7 cm³/mol. The molecule has 102 valence electrons. The van der Waals surface area contributed by atoms with Gasteiger partial charge in [0.1, 0.15) is 0 Å². The number of nitrogens with two attached hydrogens (primary N) is 1. The summed E-state index contributed by atoms with van der Waals surface area (Å²) < 4.78 is 11.1. The Morgan fingerprint density at radius 2 is 1.89 bits per heavy atom. The van der Waals surface area contributed by atoms with Crippen LogP contribution in [0.5, 0.6) is 0 Å². The van der Waals surface area contributed by atoms with Crippen molar-refractivity contribution in [2.75, 3.05) is 13.2 Å². The number of nitrogens with zero attached hydrogens (tertiary/aromatic N) is 1. The lowest BCUT2D eigenvalue weighted by molar-refractivity contribution is -0.149. The molecule has 0 aliphatic heterocycles. The number of pyridine rings is 1. The fourth-order valence-electron chi connectivity index (χ4n) is 2.03. The summed E-state index contributed by atoms with van der Waals surface area (Å²) >= 11 is 0. The highest BCUT2D eigenvalue weighted by atomic mass is 16.7. The van der Waals surface area contributed by atoms with Crippen LogP contribution in [-0.4, -0.2) is 24.5 Å². The van der Waals surface area contributed by atoms with Gasteiger partial charge in [0.25, 0.3) is 0 Å². The highest BCUT2D eigenvalue weighted by Crippen LogP contribution is 2.21. The Balaban J connectivity index is 2.26. The van der Waals surface area contributed by atoms with Crippen LogP contribution >= 0.6 is 0 Å². The number of aromatic nitrogens is 1. The number of benzene rings is 1. The van der Waals surface area contributed by atoms with Gasteiger partial charge in [-0.3, -0.25) is 4.98 Å². The molecule has 2 N–H and O–H groups in total. The molecule has 0 bridgehead atoms. The van der Waals surface area contributed by atoms with Gasteiger partial charge in [0.15, 0.2) is 6.29 Å². The maximum absolute atomic E-state index is 6.22. The zero-order valence-electron chi connectivity index (χ0n) is 11.4. The summed E-state index contributed by atoms with van der Waals surface area (Å²) in [7, 11) is 0. The average Bonchev–Trinajstić information content (AvgIpc) is 2.46. The quantitative estimate of drug-likeness (QED) is 0.811. The Kier molecular flexibility index (Phi) is 4.85. The summed E-state index contributed by atoms with van der Waals surface area (Å²) in [4.78, 5) is 4.34. The van der Waals surface area contributed by atoms with Crippen LogP contribution in [0.15, 0.2) is 36.5 Å². The van der Waals surface area contributed by atoms with E-state index in [9.17, 15) is 0 Å². The number of rotatable bonds is 6. The van der Waals surface area contributed by atoms with Crippen molar-refractivity contribution in [1.82, 2.24) is 4.98 Å². The number of hydrogen-bond acceptors (Lipinski definition) is 4. The molecule has 1 aromatic heterocycles. The first-order chi connectivity index (χ1) is 9.26. The van der Waals surface area contributed by atoms with Crippen LogP contribution in [0, 0.1) is 0 Å². The Morgan fingerprint density at radius 3 is 2.58 bits per heavy atom. The third kappa shape index (κ3) is 3.29. The largest absolute Gasteiger partial charge is 0.351 e. The SMILES string of the molecule is CCOC(OCC)C(N)c1ccc2cccnc2c1. The first-order valence-electron chi connectivity index (χ1n) is 6.59. The van der Waals surface area contributed by atoms with Crippen molar-refractivity contribution >= 4 is 10.9 Å². The molecule has 2 aromatic rings. The molecule has 1 unspecified atom stereocenters. The van der Waals surface area contributed by atoms with Gasteiger partial charge in [-0.2, -0.15) is 0 Å². The van der Waals surface area contributed by atoms with Crippen molar-refractivity contribution in [3.8, 4) is 0 Å².